The predicted molar refractivity (Wildman–Crippen MR) is 104 cm³/mol. The lowest BCUT2D eigenvalue weighted by atomic mass is 9.78. The summed E-state index contributed by atoms with van der Waals surface area (Å²) in [4.78, 5) is 38.8. The van der Waals surface area contributed by atoms with E-state index in [-0.39, 0.29) is 42.7 Å². The molecule has 0 radical (unpaired) electrons. The Bertz CT molecular complexity index is 561. The van der Waals surface area contributed by atoms with Gasteiger partial charge in [-0.15, -0.1) is 0 Å². The smallest absolute Gasteiger partial charge is 0.312 e. The molecule has 0 aromatic rings. The number of likely N-dealkylation sites (tertiary alicyclic amines) is 1. The summed E-state index contributed by atoms with van der Waals surface area (Å²) in [6.07, 6.45) is 4.63. The van der Waals surface area contributed by atoms with Gasteiger partial charge in [-0.1, -0.05) is 13.3 Å². The first-order valence-electron chi connectivity index (χ1n) is 10.5. The van der Waals surface area contributed by atoms with Crippen LogP contribution in [0.1, 0.15) is 72.6 Å². The highest BCUT2D eigenvalue weighted by molar-refractivity contribution is 5.78. The average molecular weight is 398 g/mol. The molecule has 0 aliphatic carbocycles. The summed E-state index contributed by atoms with van der Waals surface area (Å²) in [7, 11) is 0. The van der Waals surface area contributed by atoms with Gasteiger partial charge in [-0.05, 0) is 39.5 Å². The Morgan fingerprint density at radius 1 is 1.29 bits per heavy atom. The molecule has 28 heavy (non-hydrogen) atoms. The monoisotopic (exact) mass is 397 g/mol. The van der Waals surface area contributed by atoms with Crippen LogP contribution < -0.4 is 0 Å². The minimum absolute atomic E-state index is 0.00625. The van der Waals surface area contributed by atoms with Crippen molar-refractivity contribution in [3.05, 3.63) is 0 Å². The molecular formula is C21H35NO6. The van der Waals surface area contributed by atoms with Crippen LogP contribution in [-0.2, 0) is 28.6 Å². The number of nitrogens with zero attached hydrogens (tertiary/aromatic N) is 1. The number of rotatable bonds is 10. The first kappa shape index (κ1) is 22.7. The molecule has 1 amide bonds. The lowest BCUT2D eigenvalue weighted by Gasteiger charge is -2.37. The summed E-state index contributed by atoms with van der Waals surface area (Å²) in [5, 5.41) is 0. The van der Waals surface area contributed by atoms with Gasteiger partial charge < -0.3 is 19.1 Å². The van der Waals surface area contributed by atoms with Crippen molar-refractivity contribution in [2.45, 2.75) is 90.9 Å². The summed E-state index contributed by atoms with van der Waals surface area (Å²) in [6, 6.07) is -0.0878. The minimum atomic E-state index is -0.850. The van der Waals surface area contributed by atoms with E-state index in [0.717, 1.165) is 25.8 Å². The molecule has 0 aromatic carbocycles. The number of hydrogen-bond donors (Lipinski definition) is 0. The van der Waals surface area contributed by atoms with Gasteiger partial charge in [-0.3, -0.25) is 14.4 Å². The van der Waals surface area contributed by atoms with Crippen LogP contribution in [0.3, 0.4) is 0 Å². The number of ether oxygens (including phenoxy) is 3. The maximum atomic E-state index is 13.0. The van der Waals surface area contributed by atoms with Crippen LogP contribution in [0.5, 0.6) is 0 Å². The third-order valence-corrected chi connectivity index (χ3v) is 5.65. The molecule has 0 aromatic heterocycles. The Balaban J connectivity index is 2.11. The molecule has 7 heteroatoms. The van der Waals surface area contributed by atoms with Crippen LogP contribution in [0.2, 0.25) is 0 Å². The molecule has 2 fully saturated rings. The molecule has 2 heterocycles. The van der Waals surface area contributed by atoms with Crippen molar-refractivity contribution in [2.75, 3.05) is 19.8 Å². The van der Waals surface area contributed by atoms with E-state index in [2.05, 4.69) is 0 Å². The van der Waals surface area contributed by atoms with Crippen molar-refractivity contribution in [2.24, 2.45) is 5.41 Å². The van der Waals surface area contributed by atoms with Crippen molar-refractivity contribution in [3.8, 4) is 0 Å². The molecule has 4 unspecified atom stereocenters. The quantitative estimate of drug-likeness (QED) is 0.416. The number of carbonyl (C=O) groups is 3. The minimum Gasteiger partial charge on any atom is -0.463 e. The zero-order chi connectivity index (χ0) is 20.7. The van der Waals surface area contributed by atoms with Crippen LogP contribution in [0.4, 0.5) is 0 Å². The van der Waals surface area contributed by atoms with E-state index in [1.54, 1.807) is 0 Å². The molecule has 2 rings (SSSR count). The normalized spacial score (nSPS) is 23.9. The highest BCUT2D eigenvalue weighted by Gasteiger charge is 2.41. The molecule has 2 saturated heterocycles. The Morgan fingerprint density at radius 3 is 2.61 bits per heavy atom. The third kappa shape index (κ3) is 6.76. The van der Waals surface area contributed by atoms with Crippen molar-refractivity contribution < 1.29 is 28.6 Å². The van der Waals surface area contributed by atoms with Crippen molar-refractivity contribution in [1.82, 2.24) is 4.90 Å². The number of hydrogen-bond acceptors (Lipinski definition) is 6. The first-order valence-corrected chi connectivity index (χ1v) is 10.5. The van der Waals surface area contributed by atoms with Crippen LogP contribution in [-0.4, -0.2) is 60.8 Å². The molecule has 0 N–H and O–H groups in total. The summed E-state index contributed by atoms with van der Waals surface area (Å²) < 4.78 is 16.0. The van der Waals surface area contributed by atoms with Crippen LogP contribution in [0, 0.1) is 5.41 Å². The summed E-state index contributed by atoms with van der Waals surface area (Å²) in [6.45, 7) is 8.74. The highest BCUT2D eigenvalue weighted by atomic mass is 16.6. The van der Waals surface area contributed by atoms with Gasteiger partial charge in [-0.25, -0.2) is 0 Å². The fraction of sp³-hybridized carbons (Fsp3) is 0.857. The molecule has 0 bridgehead atoms. The van der Waals surface area contributed by atoms with Gasteiger partial charge in [0.05, 0.1) is 12.0 Å². The summed E-state index contributed by atoms with van der Waals surface area (Å²) in [5.74, 6) is -0.522. The Kier molecular flexibility index (Phi) is 8.28. The molecular weight excluding hydrogens is 362 g/mol. The van der Waals surface area contributed by atoms with Crippen molar-refractivity contribution in [1.29, 1.82) is 0 Å². The van der Waals surface area contributed by atoms with Crippen molar-refractivity contribution in [3.63, 3.8) is 0 Å². The molecule has 160 valence electrons. The van der Waals surface area contributed by atoms with E-state index in [0.29, 0.717) is 32.3 Å². The van der Waals surface area contributed by atoms with Gasteiger partial charge in [0, 0.05) is 32.4 Å². The molecule has 4 atom stereocenters. The second-order valence-electron chi connectivity index (χ2n) is 8.41. The largest absolute Gasteiger partial charge is 0.463 e. The first-order chi connectivity index (χ1) is 13.2. The second-order valence-corrected chi connectivity index (χ2v) is 8.41. The molecule has 0 spiro atoms. The lowest BCUT2D eigenvalue weighted by molar-refractivity contribution is -0.163. The fourth-order valence-corrected chi connectivity index (χ4v) is 4.00. The standard InChI is InChI=1S/C21H35NO6/c1-5-17(28-16(3)23)12-21(4,20(25)27-14-18-13-26-18)11-15(2)22-10-8-6-7-9-19(22)24/h15,17-18H,5-14H2,1-4H3. The topological polar surface area (TPSA) is 85.4 Å². The Morgan fingerprint density at radius 2 is 2.00 bits per heavy atom. The molecule has 2 aliphatic rings. The average Bonchev–Trinajstić information content (AvgIpc) is 3.46. The van der Waals surface area contributed by atoms with Crippen LogP contribution in [0.15, 0.2) is 0 Å². The van der Waals surface area contributed by atoms with E-state index in [1.807, 2.05) is 25.7 Å². The maximum Gasteiger partial charge on any atom is 0.312 e. The number of carbonyl (C=O) groups excluding carboxylic acids is 3. The SMILES string of the molecule is CCC(CC(C)(CC(C)N1CCCCCC1=O)C(=O)OCC1CO1)OC(C)=O. The summed E-state index contributed by atoms with van der Waals surface area (Å²) >= 11 is 0. The molecule has 0 saturated carbocycles. The van der Waals surface area contributed by atoms with E-state index >= 15 is 0 Å². The zero-order valence-corrected chi connectivity index (χ0v) is 17.7. The summed E-state index contributed by atoms with van der Waals surface area (Å²) in [5.41, 5.74) is -0.850. The van der Waals surface area contributed by atoms with Gasteiger partial charge in [0.25, 0.3) is 0 Å². The number of amides is 1. The van der Waals surface area contributed by atoms with Gasteiger partial charge in [-0.2, -0.15) is 0 Å². The number of esters is 2. The molecule has 2 aliphatic heterocycles. The lowest BCUT2D eigenvalue weighted by Crippen LogP contribution is -2.45. The van der Waals surface area contributed by atoms with Gasteiger partial charge in [0.15, 0.2) is 0 Å². The van der Waals surface area contributed by atoms with Gasteiger partial charge in [0.1, 0.15) is 18.8 Å². The second kappa shape index (κ2) is 10.2. The van der Waals surface area contributed by atoms with E-state index in [9.17, 15) is 14.4 Å². The van der Waals surface area contributed by atoms with E-state index in [4.69, 9.17) is 14.2 Å². The Hall–Kier alpha value is -1.63. The van der Waals surface area contributed by atoms with E-state index in [1.165, 1.54) is 6.92 Å². The maximum absolute atomic E-state index is 13.0. The van der Waals surface area contributed by atoms with Crippen molar-refractivity contribution >= 4 is 17.8 Å². The van der Waals surface area contributed by atoms with Crippen LogP contribution >= 0.6 is 0 Å². The predicted octanol–water partition coefficient (Wildman–Crippen LogP) is 2.85. The highest BCUT2D eigenvalue weighted by Crippen LogP contribution is 2.35. The zero-order valence-electron chi connectivity index (χ0n) is 17.7. The van der Waals surface area contributed by atoms with Gasteiger partial charge >= 0.3 is 11.9 Å². The third-order valence-electron chi connectivity index (χ3n) is 5.65. The molecule has 7 nitrogen and oxygen atoms in total. The Labute approximate surface area is 168 Å². The fourth-order valence-electron chi connectivity index (χ4n) is 4.00. The van der Waals surface area contributed by atoms with E-state index < -0.39 is 5.41 Å². The number of epoxide rings is 1. The van der Waals surface area contributed by atoms with Gasteiger partial charge in [0.2, 0.25) is 5.91 Å². The van der Waals surface area contributed by atoms with Crippen LogP contribution in [0.25, 0.3) is 0 Å².